The first-order valence-corrected chi connectivity index (χ1v) is 5.60. The van der Waals surface area contributed by atoms with Crippen LogP contribution in [0.3, 0.4) is 0 Å². The smallest absolute Gasteiger partial charge is 0.235 e. The molecule has 2 rings (SSSR count). The van der Waals surface area contributed by atoms with Crippen LogP contribution >= 0.6 is 0 Å². The predicted molar refractivity (Wildman–Crippen MR) is 63.0 cm³/mol. The lowest BCUT2D eigenvalue weighted by molar-refractivity contribution is 0.245. The normalized spacial score (nSPS) is 16.8. The summed E-state index contributed by atoms with van der Waals surface area (Å²) in [5.74, 6) is 0.868. The van der Waals surface area contributed by atoms with Crippen LogP contribution in [0.5, 0.6) is 11.5 Å². The first-order chi connectivity index (χ1) is 8.13. The van der Waals surface area contributed by atoms with Crippen LogP contribution in [0.4, 0.5) is 0 Å². The van der Waals surface area contributed by atoms with Crippen LogP contribution in [-0.4, -0.2) is 18.3 Å². The van der Waals surface area contributed by atoms with Gasteiger partial charge in [0.2, 0.25) is 6.08 Å². The number of phenols is 1. The third-order valence-corrected chi connectivity index (χ3v) is 3.46. The van der Waals surface area contributed by atoms with E-state index in [1.165, 1.54) is 0 Å². The Kier molecular flexibility index (Phi) is 2.90. The molecule has 4 nitrogen and oxygen atoms in total. The maximum atomic E-state index is 10.5. The number of hydrogen-bond donors (Lipinski definition) is 1. The van der Waals surface area contributed by atoms with E-state index >= 15 is 0 Å². The lowest BCUT2D eigenvalue weighted by Crippen LogP contribution is -2.32. The van der Waals surface area contributed by atoms with Gasteiger partial charge in [0.1, 0.15) is 17.0 Å². The summed E-state index contributed by atoms with van der Waals surface area (Å²) in [6.45, 7) is 1.80. The van der Waals surface area contributed by atoms with E-state index in [4.69, 9.17) is 4.74 Å². The molecule has 1 aromatic rings. The molecule has 0 aromatic heterocycles. The molecule has 4 heteroatoms. The summed E-state index contributed by atoms with van der Waals surface area (Å²) >= 11 is 0. The van der Waals surface area contributed by atoms with Gasteiger partial charge in [-0.1, -0.05) is 0 Å². The SMILES string of the molecule is COc1cc(C)c(O)cc1C1(N=C=O)CCC1. The van der Waals surface area contributed by atoms with E-state index in [1.807, 2.05) is 0 Å². The number of carbonyl (C=O) groups excluding carboxylic acids is 1. The molecule has 0 unspecified atom stereocenters. The number of rotatable bonds is 3. The summed E-state index contributed by atoms with van der Waals surface area (Å²) < 4.78 is 5.31. The zero-order valence-electron chi connectivity index (χ0n) is 9.99. The van der Waals surface area contributed by atoms with Crippen LogP contribution in [0.2, 0.25) is 0 Å². The van der Waals surface area contributed by atoms with Crippen LogP contribution in [0.1, 0.15) is 30.4 Å². The standard InChI is InChI=1S/C13H15NO3/c1-9-6-12(17-2)10(7-11(9)16)13(14-8-15)4-3-5-13/h6-7,16H,3-5H2,1-2H3. The molecule has 17 heavy (non-hydrogen) atoms. The summed E-state index contributed by atoms with van der Waals surface area (Å²) in [5.41, 5.74) is 0.978. The topological polar surface area (TPSA) is 58.9 Å². The van der Waals surface area contributed by atoms with Crippen LogP contribution in [0, 0.1) is 6.92 Å². The molecule has 1 saturated carbocycles. The Labute approximate surface area is 99.9 Å². The van der Waals surface area contributed by atoms with E-state index in [2.05, 4.69) is 4.99 Å². The van der Waals surface area contributed by atoms with Crippen LogP contribution < -0.4 is 4.74 Å². The summed E-state index contributed by atoms with van der Waals surface area (Å²) in [7, 11) is 1.58. The third-order valence-electron chi connectivity index (χ3n) is 3.46. The molecule has 0 spiro atoms. The van der Waals surface area contributed by atoms with Crippen molar-refractivity contribution in [2.45, 2.75) is 31.7 Å². The lowest BCUT2D eigenvalue weighted by atomic mass is 9.72. The summed E-state index contributed by atoms with van der Waals surface area (Å²) in [4.78, 5) is 14.5. The van der Waals surface area contributed by atoms with Gasteiger partial charge in [-0.15, -0.1) is 0 Å². The van der Waals surface area contributed by atoms with Crippen LogP contribution in [-0.2, 0) is 10.3 Å². The van der Waals surface area contributed by atoms with Gasteiger partial charge in [0.05, 0.1) is 7.11 Å². The molecule has 0 heterocycles. The number of isocyanates is 1. The number of ether oxygens (including phenoxy) is 1. The fourth-order valence-electron chi connectivity index (χ4n) is 2.24. The van der Waals surface area contributed by atoms with Crippen molar-refractivity contribution in [3.63, 3.8) is 0 Å². The molecule has 0 bridgehead atoms. The summed E-state index contributed by atoms with van der Waals surface area (Å²) in [6, 6.07) is 3.42. The second-order valence-electron chi connectivity index (χ2n) is 4.43. The highest BCUT2D eigenvalue weighted by atomic mass is 16.5. The quantitative estimate of drug-likeness (QED) is 0.644. The molecule has 0 amide bonds. The average molecular weight is 233 g/mol. The Balaban J connectivity index is 2.57. The van der Waals surface area contributed by atoms with E-state index < -0.39 is 5.54 Å². The first-order valence-electron chi connectivity index (χ1n) is 5.60. The highest BCUT2D eigenvalue weighted by Crippen LogP contribution is 2.49. The van der Waals surface area contributed by atoms with Gasteiger partial charge in [-0.2, -0.15) is 4.99 Å². The fourth-order valence-corrected chi connectivity index (χ4v) is 2.24. The highest BCUT2D eigenvalue weighted by molar-refractivity contribution is 5.51. The van der Waals surface area contributed by atoms with Crippen molar-refractivity contribution in [3.8, 4) is 11.5 Å². The van der Waals surface area contributed by atoms with Gasteiger partial charge in [0.25, 0.3) is 0 Å². The van der Waals surface area contributed by atoms with E-state index in [9.17, 15) is 9.90 Å². The fraction of sp³-hybridized carbons (Fsp3) is 0.462. The molecule has 1 aromatic carbocycles. The molecule has 1 aliphatic rings. The highest BCUT2D eigenvalue weighted by Gasteiger charge is 2.41. The van der Waals surface area contributed by atoms with Crippen molar-refractivity contribution in [2.75, 3.05) is 7.11 Å². The van der Waals surface area contributed by atoms with Crippen molar-refractivity contribution in [3.05, 3.63) is 23.3 Å². The van der Waals surface area contributed by atoms with Gasteiger partial charge >= 0.3 is 0 Å². The van der Waals surface area contributed by atoms with Crippen molar-refractivity contribution in [1.29, 1.82) is 0 Å². The largest absolute Gasteiger partial charge is 0.508 e. The van der Waals surface area contributed by atoms with E-state index in [1.54, 1.807) is 32.2 Å². The minimum Gasteiger partial charge on any atom is -0.508 e. The van der Waals surface area contributed by atoms with Crippen molar-refractivity contribution in [2.24, 2.45) is 4.99 Å². The molecule has 0 aliphatic heterocycles. The number of aromatic hydroxyl groups is 1. The zero-order valence-corrected chi connectivity index (χ0v) is 9.99. The maximum Gasteiger partial charge on any atom is 0.235 e. The van der Waals surface area contributed by atoms with Gasteiger partial charge in [-0.25, -0.2) is 4.79 Å². The number of aliphatic imine (C=N–C) groups is 1. The Bertz CT molecular complexity index is 486. The molecule has 1 aliphatic carbocycles. The van der Waals surface area contributed by atoms with E-state index in [0.29, 0.717) is 5.75 Å². The van der Waals surface area contributed by atoms with Gasteiger partial charge < -0.3 is 9.84 Å². The lowest BCUT2D eigenvalue weighted by Gasteiger charge is -2.38. The predicted octanol–water partition coefficient (Wildman–Crippen LogP) is 2.42. The number of methoxy groups -OCH3 is 1. The maximum absolute atomic E-state index is 10.5. The van der Waals surface area contributed by atoms with Crippen molar-refractivity contribution < 1.29 is 14.6 Å². The van der Waals surface area contributed by atoms with Crippen molar-refractivity contribution >= 4 is 6.08 Å². The van der Waals surface area contributed by atoms with Gasteiger partial charge in [0.15, 0.2) is 0 Å². The Morgan fingerprint density at radius 3 is 2.65 bits per heavy atom. The molecular weight excluding hydrogens is 218 g/mol. The third kappa shape index (κ3) is 1.81. The second kappa shape index (κ2) is 4.22. The molecule has 0 saturated heterocycles. The summed E-state index contributed by atoms with van der Waals surface area (Å²) in [6.07, 6.45) is 4.23. The molecule has 0 radical (unpaired) electrons. The minimum absolute atomic E-state index is 0.202. The molecular formula is C13H15NO3. The molecule has 1 fully saturated rings. The second-order valence-corrected chi connectivity index (χ2v) is 4.43. The van der Waals surface area contributed by atoms with E-state index in [0.717, 1.165) is 30.4 Å². The summed E-state index contributed by atoms with van der Waals surface area (Å²) in [5, 5.41) is 9.78. The number of nitrogens with zero attached hydrogens (tertiary/aromatic N) is 1. The number of hydrogen-bond acceptors (Lipinski definition) is 4. The number of benzene rings is 1. The molecule has 1 N–H and O–H groups in total. The minimum atomic E-state index is -0.543. The molecule has 90 valence electrons. The Morgan fingerprint density at radius 1 is 1.47 bits per heavy atom. The Hall–Kier alpha value is -1.80. The van der Waals surface area contributed by atoms with Gasteiger partial charge in [-0.05, 0) is 43.9 Å². The zero-order chi connectivity index (χ0) is 12.5. The van der Waals surface area contributed by atoms with Gasteiger partial charge in [0, 0.05) is 5.56 Å². The molecule has 0 atom stereocenters. The van der Waals surface area contributed by atoms with E-state index in [-0.39, 0.29) is 5.75 Å². The first kappa shape index (κ1) is 11.7. The average Bonchev–Trinajstić information content (AvgIpc) is 2.27. The number of phenolic OH excluding ortho intramolecular Hbond substituents is 1. The van der Waals surface area contributed by atoms with Crippen LogP contribution in [0.25, 0.3) is 0 Å². The van der Waals surface area contributed by atoms with Gasteiger partial charge in [-0.3, -0.25) is 0 Å². The monoisotopic (exact) mass is 233 g/mol. The Morgan fingerprint density at radius 2 is 2.18 bits per heavy atom. The van der Waals surface area contributed by atoms with Crippen LogP contribution in [0.15, 0.2) is 17.1 Å². The van der Waals surface area contributed by atoms with Crippen molar-refractivity contribution in [1.82, 2.24) is 0 Å². The number of aryl methyl sites for hydroxylation is 1.